The van der Waals surface area contributed by atoms with Crippen LogP contribution in [-0.4, -0.2) is 24.6 Å². The number of halogens is 3. The molecular formula is C25H22F3N3O3S. The Hall–Kier alpha value is -3.79. The molecule has 0 saturated heterocycles. The number of fused-ring (bicyclic) bond motifs is 1. The Morgan fingerprint density at radius 3 is 2.40 bits per heavy atom. The van der Waals surface area contributed by atoms with Crippen LogP contribution in [0.25, 0.3) is 22.0 Å². The normalized spacial score (nSPS) is 12.0. The molecular weight excluding hydrogens is 479 g/mol. The summed E-state index contributed by atoms with van der Waals surface area (Å²) in [4.78, 5) is 13.0. The van der Waals surface area contributed by atoms with Crippen molar-refractivity contribution >= 4 is 38.2 Å². The molecule has 10 heteroatoms. The zero-order valence-electron chi connectivity index (χ0n) is 18.8. The minimum atomic E-state index is -4.51. The van der Waals surface area contributed by atoms with E-state index in [9.17, 15) is 26.4 Å². The number of benzene rings is 3. The number of aromatic nitrogens is 1. The van der Waals surface area contributed by atoms with Gasteiger partial charge in [0.15, 0.2) is 0 Å². The largest absolute Gasteiger partial charge is 0.417 e. The molecule has 1 aromatic heterocycles. The van der Waals surface area contributed by atoms with Crippen LogP contribution in [0.4, 0.5) is 24.5 Å². The van der Waals surface area contributed by atoms with Crippen molar-refractivity contribution in [1.29, 1.82) is 0 Å². The van der Waals surface area contributed by atoms with Crippen LogP contribution in [0.3, 0.4) is 0 Å². The minimum Gasteiger partial charge on any atom is -0.340 e. The first-order chi connectivity index (χ1) is 16.5. The highest BCUT2D eigenvalue weighted by Gasteiger charge is 2.33. The molecule has 35 heavy (non-hydrogen) atoms. The third kappa shape index (κ3) is 5.17. The van der Waals surface area contributed by atoms with Crippen LogP contribution in [0.5, 0.6) is 0 Å². The van der Waals surface area contributed by atoms with Gasteiger partial charge in [0, 0.05) is 18.1 Å². The molecule has 6 nitrogen and oxygen atoms in total. The van der Waals surface area contributed by atoms with E-state index in [-0.39, 0.29) is 11.3 Å². The van der Waals surface area contributed by atoms with Crippen molar-refractivity contribution in [2.45, 2.75) is 13.1 Å². The van der Waals surface area contributed by atoms with Gasteiger partial charge in [-0.05, 0) is 54.4 Å². The van der Waals surface area contributed by atoms with E-state index in [0.717, 1.165) is 11.5 Å². The fourth-order valence-corrected chi connectivity index (χ4v) is 4.44. The van der Waals surface area contributed by atoms with Gasteiger partial charge < -0.3 is 9.88 Å². The summed E-state index contributed by atoms with van der Waals surface area (Å²) in [5.74, 6) is -0.529. The predicted octanol–water partition coefficient (Wildman–Crippen LogP) is 5.88. The average molecular weight is 502 g/mol. The highest BCUT2D eigenvalue weighted by molar-refractivity contribution is 7.92. The van der Waals surface area contributed by atoms with Crippen LogP contribution in [0.15, 0.2) is 72.8 Å². The summed E-state index contributed by atoms with van der Waals surface area (Å²) >= 11 is 0. The SMILES string of the molecule is CCS(=O)(=O)Nc1ccc2cc(C(=O)Nc3cccc(-c4ccccc4C(F)(F)F)c3)n(C)c2c1. The number of sulfonamides is 1. The molecule has 2 N–H and O–H groups in total. The maximum atomic E-state index is 13.4. The summed E-state index contributed by atoms with van der Waals surface area (Å²) in [5, 5.41) is 3.46. The van der Waals surface area contributed by atoms with E-state index >= 15 is 0 Å². The molecule has 0 saturated carbocycles. The molecule has 0 aliphatic carbocycles. The maximum absolute atomic E-state index is 13.4. The van der Waals surface area contributed by atoms with Crippen molar-refractivity contribution in [1.82, 2.24) is 4.57 Å². The standard InChI is InChI=1S/C25H22F3N3O3S/c1-3-35(33,34)30-19-12-11-17-14-23(31(2)22(17)15-19)24(32)29-18-8-6-7-16(13-18)20-9-4-5-10-21(20)25(26,27)28/h4-15,30H,3H2,1-2H3,(H,29,32). The van der Waals surface area contributed by atoms with Gasteiger partial charge in [0.1, 0.15) is 5.69 Å². The van der Waals surface area contributed by atoms with Crippen molar-refractivity contribution in [3.05, 3.63) is 84.1 Å². The lowest BCUT2D eigenvalue weighted by Gasteiger charge is -2.14. The number of carbonyl (C=O) groups excluding carboxylic acids is 1. The van der Waals surface area contributed by atoms with Crippen molar-refractivity contribution in [3.63, 3.8) is 0 Å². The molecule has 0 aliphatic heterocycles. The number of alkyl halides is 3. The Morgan fingerprint density at radius 1 is 0.943 bits per heavy atom. The first-order valence-corrected chi connectivity index (χ1v) is 12.3. The minimum absolute atomic E-state index is 0.0164. The van der Waals surface area contributed by atoms with Gasteiger partial charge in [0.05, 0.1) is 22.5 Å². The summed E-state index contributed by atoms with van der Waals surface area (Å²) < 4.78 is 68.2. The number of hydrogen-bond acceptors (Lipinski definition) is 3. The lowest BCUT2D eigenvalue weighted by atomic mass is 9.99. The molecule has 4 rings (SSSR count). The Bertz CT molecular complexity index is 1530. The second-order valence-corrected chi connectivity index (χ2v) is 9.96. The Labute approximate surface area is 200 Å². The summed E-state index contributed by atoms with van der Waals surface area (Å²) in [5.41, 5.74) is 1.24. The summed E-state index contributed by atoms with van der Waals surface area (Å²) in [7, 11) is -1.78. The fraction of sp³-hybridized carbons (Fsp3) is 0.160. The molecule has 1 heterocycles. The molecule has 4 aromatic rings. The van der Waals surface area contributed by atoms with Crippen LogP contribution in [0, 0.1) is 0 Å². The number of rotatable bonds is 6. The van der Waals surface area contributed by atoms with Crippen molar-refractivity contribution in [2.24, 2.45) is 7.05 Å². The molecule has 0 unspecified atom stereocenters. The monoisotopic (exact) mass is 501 g/mol. The quantitative estimate of drug-likeness (QED) is 0.346. The molecule has 0 spiro atoms. The Balaban J connectivity index is 1.63. The van der Waals surface area contributed by atoms with Crippen LogP contribution in [-0.2, 0) is 23.2 Å². The summed E-state index contributed by atoms with van der Waals surface area (Å²) in [6.07, 6.45) is -4.51. The number of amides is 1. The zero-order valence-corrected chi connectivity index (χ0v) is 19.7. The first-order valence-electron chi connectivity index (χ1n) is 10.7. The van der Waals surface area contributed by atoms with E-state index in [1.165, 1.54) is 31.2 Å². The second-order valence-electron chi connectivity index (χ2n) is 7.95. The van der Waals surface area contributed by atoms with Crippen molar-refractivity contribution < 1.29 is 26.4 Å². The predicted molar refractivity (Wildman–Crippen MR) is 131 cm³/mol. The number of anilines is 2. The number of carbonyl (C=O) groups is 1. The van der Waals surface area contributed by atoms with Crippen LogP contribution in [0.1, 0.15) is 23.0 Å². The lowest BCUT2D eigenvalue weighted by molar-refractivity contribution is -0.137. The second kappa shape index (κ2) is 9.10. The van der Waals surface area contributed by atoms with E-state index in [4.69, 9.17) is 0 Å². The molecule has 0 bridgehead atoms. The van der Waals surface area contributed by atoms with Crippen LogP contribution >= 0.6 is 0 Å². The highest BCUT2D eigenvalue weighted by Crippen LogP contribution is 2.37. The van der Waals surface area contributed by atoms with Crippen molar-refractivity contribution in [3.8, 4) is 11.1 Å². The summed E-state index contributed by atoms with van der Waals surface area (Å²) in [6, 6.07) is 18.1. The van der Waals surface area contributed by atoms with Crippen molar-refractivity contribution in [2.75, 3.05) is 15.8 Å². The third-order valence-electron chi connectivity index (χ3n) is 5.60. The highest BCUT2D eigenvalue weighted by atomic mass is 32.2. The van der Waals surface area contributed by atoms with Gasteiger partial charge in [-0.1, -0.05) is 36.4 Å². The number of nitrogens with one attached hydrogen (secondary N) is 2. The van der Waals surface area contributed by atoms with Crippen LogP contribution in [0.2, 0.25) is 0 Å². The van der Waals surface area contributed by atoms with E-state index in [1.54, 1.807) is 54.1 Å². The lowest BCUT2D eigenvalue weighted by Crippen LogP contribution is -2.16. The number of aryl methyl sites for hydroxylation is 1. The van der Waals surface area contributed by atoms with Crippen LogP contribution < -0.4 is 10.0 Å². The number of nitrogens with zero attached hydrogens (tertiary/aromatic N) is 1. The smallest absolute Gasteiger partial charge is 0.340 e. The fourth-order valence-electron chi connectivity index (χ4n) is 3.80. The van der Waals surface area contributed by atoms with Gasteiger partial charge in [0.25, 0.3) is 5.91 Å². The zero-order chi connectivity index (χ0) is 25.4. The van der Waals surface area contributed by atoms with E-state index in [2.05, 4.69) is 10.0 Å². The first kappa shape index (κ1) is 24.3. The molecule has 0 radical (unpaired) electrons. The van der Waals surface area contributed by atoms with Gasteiger partial charge in [-0.15, -0.1) is 0 Å². The average Bonchev–Trinajstić information content (AvgIpc) is 3.14. The van der Waals surface area contributed by atoms with E-state index in [1.807, 2.05) is 0 Å². The third-order valence-corrected chi connectivity index (χ3v) is 6.90. The van der Waals surface area contributed by atoms with Gasteiger partial charge in [0.2, 0.25) is 10.0 Å². The topological polar surface area (TPSA) is 80.2 Å². The Morgan fingerprint density at radius 2 is 1.69 bits per heavy atom. The van der Waals surface area contributed by atoms with Gasteiger partial charge in [-0.25, -0.2) is 8.42 Å². The number of hydrogen-bond donors (Lipinski definition) is 2. The molecule has 0 atom stereocenters. The van der Waals surface area contributed by atoms with Gasteiger partial charge in [-0.3, -0.25) is 9.52 Å². The Kier molecular flexibility index (Phi) is 6.33. The van der Waals surface area contributed by atoms with E-state index < -0.39 is 27.7 Å². The summed E-state index contributed by atoms with van der Waals surface area (Å²) in [6.45, 7) is 1.53. The molecule has 0 aliphatic rings. The van der Waals surface area contributed by atoms with Gasteiger partial charge in [-0.2, -0.15) is 13.2 Å². The molecule has 1 amide bonds. The maximum Gasteiger partial charge on any atom is 0.417 e. The van der Waals surface area contributed by atoms with E-state index in [0.29, 0.717) is 28.1 Å². The van der Waals surface area contributed by atoms with Gasteiger partial charge >= 0.3 is 6.18 Å². The molecule has 3 aromatic carbocycles. The molecule has 0 fully saturated rings. The molecule has 182 valence electrons.